The Morgan fingerprint density at radius 1 is 0.357 bits per heavy atom. The fourth-order valence-corrected chi connectivity index (χ4v) is 4.66. The molecule has 0 spiro atoms. The molecule has 0 N–H and O–H groups in total. The maximum atomic E-state index is 2.33. The van der Waals surface area contributed by atoms with Crippen LogP contribution in [0.2, 0.25) is 0 Å². The van der Waals surface area contributed by atoms with Gasteiger partial charge in [0.1, 0.15) is 0 Å². The van der Waals surface area contributed by atoms with Crippen LogP contribution in [0.1, 0.15) is 139 Å². The first-order valence-electron chi connectivity index (χ1n) is 11.9. The van der Waals surface area contributed by atoms with Crippen LogP contribution in [0, 0.1) is 34.0 Å². The molecule has 0 aromatic rings. The van der Waals surface area contributed by atoms with E-state index in [0.29, 0.717) is 16.2 Å². The van der Waals surface area contributed by atoms with Crippen molar-refractivity contribution in [2.75, 3.05) is 0 Å². The zero-order valence-corrected chi connectivity index (χ0v) is 22.2. The molecule has 0 heterocycles. The van der Waals surface area contributed by atoms with Gasteiger partial charge in [-0.1, -0.05) is 101 Å². The molecule has 0 aromatic carbocycles. The minimum atomic E-state index is 0. The SMILES string of the molecule is CC(C)(C)[C-]1CCCC1.CC(C)(C)[C-]1CCCC1.CC(C)(C)[C-]1CCCC1.[Cr+3]. The molecule has 0 atom stereocenters. The quantitative estimate of drug-likeness (QED) is 0.338. The van der Waals surface area contributed by atoms with Gasteiger partial charge in [0.25, 0.3) is 0 Å². The normalized spacial score (nSPS) is 22.2. The van der Waals surface area contributed by atoms with Crippen molar-refractivity contribution in [1.29, 1.82) is 0 Å². The zero-order chi connectivity index (χ0) is 20.7. The van der Waals surface area contributed by atoms with Gasteiger partial charge in [0, 0.05) is 0 Å². The third-order valence-electron chi connectivity index (χ3n) is 6.80. The summed E-state index contributed by atoms with van der Waals surface area (Å²) in [5.41, 5.74) is 1.49. The molecule has 3 aliphatic rings. The Balaban J connectivity index is 0.000000384. The molecule has 3 fully saturated rings. The Labute approximate surface area is 190 Å². The van der Waals surface area contributed by atoms with Crippen molar-refractivity contribution in [2.24, 2.45) is 16.2 Å². The summed E-state index contributed by atoms with van der Waals surface area (Å²) in [5, 5.41) is 0. The van der Waals surface area contributed by atoms with E-state index in [-0.39, 0.29) is 17.4 Å². The van der Waals surface area contributed by atoms with Crippen LogP contribution in [0.4, 0.5) is 0 Å². The molecule has 3 rings (SSSR count). The molecule has 1 heteroatoms. The first-order chi connectivity index (χ1) is 12.3. The van der Waals surface area contributed by atoms with Gasteiger partial charge in [-0.15, -0.1) is 0 Å². The summed E-state index contributed by atoms with van der Waals surface area (Å²) in [4.78, 5) is 0. The third kappa shape index (κ3) is 11.1. The van der Waals surface area contributed by atoms with Gasteiger partial charge in [0.05, 0.1) is 0 Å². The predicted octanol–water partition coefficient (Wildman–Crippen LogP) is 9.54. The Hall–Kier alpha value is 0.532. The second-order valence-electron chi connectivity index (χ2n) is 12.2. The molecule has 0 amide bonds. The molecule has 3 saturated carbocycles. The second kappa shape index (κ2) is 12.4. The standard InChI is InChI=1S/3C9H17.Cr/c3*1-9(2,3)8-6-4-5-7-8;/h3*4-7H2,1-3H3;/q3*-1;+3. The summed E-state index contributed by atoms with van der Waals surface area (Å²) in [6, 6.07) is 0. The van der Waals surface area contributed by atoms with Gasteiger partial charge in [-0.05, 0) is 0 Å². The molecule has 0 nitrogen and oxygen atoms in total. The van der Waals surface area contributed by atoms with Crippen molar-refractivity contribution in [1.82, 2.24) is 0 Å². The Morgan fingerprint density at radius 2 is 0.500 bits per heavy atom. The maximum Gasteiger partial charge on any atom is 3.00 e. The van der Waals surface area contributed by atoms with E-state index in [1.165, 1.54) is 77.0 Å². The van der Waals surface area contributed by atoms with Crippen LogP contribution >= 0.6 is 0 Å². The molecular weight excluding hydrogens is 376 g/mol. The van der Waals surface area contributed by atoms with Crippen LogP contribution in [-0.2, 0) is 17.4 Å². The molecule has 3 aliphatic carbocycles. The average Bonchev–Trinajstić information content (AvgIpc) is 3.28. The summed E-state index contributed by atoms with van der Waals surface area (Å²) in [7, 11) is 0. The molecule has 0 unspecified atom stereocenters. The van der Waals surface area contributed by atoms with Crippen molar-refractivity contribution in [2.45, 2.75) is 139 Å². The first-order valence-corrected chi connectivity index (χ1v) is 11.9. The third-order valence-corrected chi connectivity index (χ3v) is 6.80. The minimum Gasteiger partial charge on any atom is -0.308 e. The van der Waals surface area contributed by atoms with Crippen LogP contribution in [0.25, 0.3) is 0 Å². The van der Waals surface area contributed by atoms with Gasteiger partial charge in [-0.25, -0.2) is 0 Å². The van der Waals surface area contributed by atoms with Gasteiger partial charge in [0.2, 0.25) is 0 Å². The van der Waals surface area contributed by atoms with Crippen LogP contribution in [0.15, 0.2) is 0 Å². The summed E-state index contributed by atoms with van der Waals surface area (Å²) in [6.45, 7) is 20.9. The Bertz CT molecular complexity index is 310. The van der Waals surface area contributed by atoms with E-state index in [0.717, 1.165) is 0 Å². The smallest absolute Gasteiger partial charge is 0.308 e. The van der Waals surface area contributed by atoms with Gasteiger partial charge < -0.3 is 17.8 Å². The monoisotopic (exact) mass is 427 g/mol. The largest absolute Gasteiger partial charge is 3.00 e. The van der Waals surface area contributed by atoms with Crippen LogP contribution in [0.3, 0.4) is 0 Å². The molecule has 0 saturated heterocycles. The summed E-state index contributed by atoms with van der Waals surface area (Å²) in [6.07, 6.45) is 17.0. The summed E-state index contributed by atoms with van der Waals surface area (Å²) < 4.78 is 0. The molecule has 0 aromatic heterocycles. The van der Waals surface area contributed by atoms with Crippen molar-refractivity contribution < 1.29 is 17.4 Å². The van der Waals surface area contributed by atoms with Crippen LogP contribution in [0.5, 0.6) is 0 Å². The second-order valence-corrected chi connectivity index (χ2v) is 12.2. The van der Waals surface area contributed by atoms with Gasteiger partial charge in [-0.2, -0.15) is 54.8 Å². The number of hydrogen-bond donors (Lipinski definition) is 0. The van der Waals surface area contributed by atoms with Crippen molar-refractivity contribution in [3.8, 4) is 0 Å². The van der Waals surface area contributed by atoms with Crippen molar-refractivity contribution >= 4 is 0 Å². The number of hydrogen-bond acceptors (Lipinski definition) is 0. The van der Waals surface area contributed by atoms with E-state index in [4.69, 9.17) is 0 Å². The zero-order valence-electron chi connectivity index (χ0n) is 20.9. The Morgan fingerprint density at radius 3 is 0.571 bits per heavy atom. The molecular formula is C27H51Cr. The minimum absolute atomic E-state index is 0. The van der Waals surface area contributed by atoms with Crippen LogP contribution < -0.4 is 0 Å². The molecule has 0 aliphatic heterocycles. The predicted molar refractivity (Wildman–Crippen MR) is 123 cm³/mol. The summed E-state index contributed by atoms with van der Waals surface area (Å²) in [5.74, 6) is 5.34. The van der Waals surface area contributed by atoms with E-state index in [1.807, 2.05) is 0 Å². The fourth-order valence-electron chi connectivity index (χ4n) is 4.66. The molecule has 28 heavy (non-hydrogen) atoms. The van der Waals surface area contributed by atoms with E-state index in [9.17, 15) is 0 Å². The molecule has 165 valence electrons. The van der Waals surface area contributed by atoms with E-state index >= 15 is 0 Å². The van der Waals surface area contributed by atoms with Gasteiger partial charge in [-0.3, -0.25) is 0 Å². The van der Waals surface area contributed by atoms with E-state index in [1.54, 1.807) is 17.8 Å². The van der Waals surface area contributed by atoms with Gasteiger partial charge in [0.15, 0.2) is 0 Å². The maximum absolute atomic E-state index is 2.33. The van der Waals surface area contributed by atoms with Crippen LogP contribution in [-0.4, -0.2) is 0 Å². The van der Waals surface area contributed by atoms with Gasteiger partial charge >= 0.3 is 17.4 Å². The topological polar surface area (TPSA) is 0 Å². The Kier molecular flexibility index (Phi) is 12.6. The van der Waals surface area contributed by atoms with Crippen molar-refractivity contribution in [3.05, 3.63) is 17.8 Å². The fraction of sp³-hybridized carbons (Fsp3) is 0.889. The van der Waals surface area contributed by atoms with E-state index < -0.39 is 0 Å². The first kappa shape index (κ1) is 28.5. The molecule has 0 bridgehead atoms. The molecule has 1 radical (unpaired) electrons. The average molecular weight is 428 g/mol. The van der Waals surface area contributed by atoms with E-state index in [2.05, 4.69) is 62.3 Å². The van der Waals surface area contributed by atoms with Crippen molar-refractivity contribution in [3.63, 3.8) is 0 Å². The number of rotatable bonds is 0. The summed E-state index contributed by atoms with van der Waals surface area (Å²) >= 11 is 0.